The second-order valence-electron chi connectivity index (χ2n) is 5.90. The summed E-state index contributed by atoms with van der Waals surface area (Å²) in [5.41, 5.74) is 2.20. The molecule has 0 fully saturated rings. The van der Waals surface area contributed by atoms with E-state index in [1.54, 1.807) is 0 Å². The van der Waals surface area contributed by atoms with Gasteiger partial charge in [0, 0.05) is 18.7 Å². The molecule has 0 aliphatic heterocycles. The number of hydrogen-bond acceptors (Lipinski definition) is 4. The summed E-state index contributed by atoms with van der Waals surface area (Å²) < 4.78 is 10.7. The van der Waals surface area contributed by atoms with Crippen molar-refractivity contribution in [3.8, 4) is 5.75 Å². The third-order valence-electron chi connectivity index (χ3n) is 3.73. The van der Waals surface area contributed by atoms with Crippen LogP contribution in [0.25, 0.3) is 0 Å². The highest BCUT2D eigenvalue weighted by molar-refractivity contribution is 14.0. The molecule has 1 aromatic carbocycles. The maximum atomic E-state index is 11.2. The van der Waals surface area contributed by atoms with Crippen LogP contribution < -0.4 is 15.4 Å². The standard InChI is InChI=1S/C19H31N3O3.HI/c1-6-15(4)25-17-12-14(3)8-9-16(17)13-22-19(20-7-2)21-11-10-18(23)24-5;/h8-9,12,15H,6-7,10-11,13H2,1-5H3,(H2,20,21,22);1H. The zero-order chi connectivity index (χ0) is 18.7. The Labute approximate surface area is 174 Å². The number of benzene rings is 1. The Balaban J connectivity index is 0.00000625. The molecule has 148 valence electrons. The van der Waals surface area contributed by atoms with E-state index in [-0.39, 0.29) is 36.0 Å². The van der Waals surface area contributed by atoms with Crippen molar-refractivity contribution in [3.05, 3.63) is 29.3 Å². The Morgan fingerprint density at radius 1 is 1.27 bits per heavy atom. The van der Waals surface area contributed by atoms with Crippen LogP contribution in [0.5, 0.6) is 5.75 Å². The van der Waals surface area contributed by atoms with Gasteiger partial charge < -0.3 is 20.1 Å². The number of aryl methyl sites for hydroxylation is 1. The summed E-state index contributed by atoms with van der Waals surface area (Å²) in [5.74, 6) is 1.30. The SMILES string of the molecule is CCNC(=NCc1ccc(C)cc1OC(C)CC)NCCC(=O)OC.I. The minimum absolute atomic E-state index is 0. The molecule has 0 aliphatic rings. The minimum Gasteiger partial charge on any atom is -0.490 e. The summed E-state index contributed by atoms with van der Waals surface area (Å²) in [6.45, 7) is 9.94. The molecule has 1 unspecified atom stereocenters. The first-order valence-corrected chi connectivity index (χ1v) is 8.85. The Kier molecular flexibility index (Phi) is 12.9. The van der Waals surface area contributed by atoms with E-state index in [1.165, 1.54) is 7.11 Å². The molecule has 1 rings (SSSR count). The Morgan fingerprint density at radius 2 is 2.00 bits per heavy atom. The molecule has 0 aliphatic carbocycles. The molecule has 7 heteroatoms. The number of ether oxygens (including phenoxy) is 2. The van der Waals surface area contributed by atoms with Crippen LogP contribution in [0, 0.1) is 6.92 Å². The van der Waals surface area contributed by atoms with E-state index in [0.717, 1.165) is 29.8 Å². The monoisotopic (exact) mass is 477 g/mol. The third-order valence-corrected chi connectivity index (χ3v) is 3.73. The molecule has 1 aromatic rings. The maximum absolute atomic E-state index is 11.2. The molecular formula is C19H32IN3O3. The number of carbonyl (C=O) groups is 1. The topological polar surface area (TPSA) is 72.0 Å². The van der Waals surface area contributed by atoms with Gasteiger partial charge in [0.2, 0.25) is 0 Å². The van der Waals surface area contributed by atoms with Crippen LogP contribution in [-0.2, 0) is 16.1 Å². The van der Waals surface area contributed by atoms with Gasteiger partial charge in [0.25, 0.3) is 0 Å². The molecule has 0 radical (unpaired) electrons. The lowest BCUT2D eigenvalue weighted by molar-refractivity contribution is -0.140. The first kappa shape index (κ1) is 24.5. The fourth-order valence-corrected chi connectivity index (χ4v) is 2.09. The van der Waals surface area contributed by atoms with E-state index in [2.05, 4.69) is 59.3 Å². The number of aliphatic imine (C=N–C) groups is 1. The summed E-state index contributed by atoms with van der Waals surface area (Å²) in [5, 5.41) is 6.31. The molecular weight excluding hydrogens is 445 g/mol. The smallest absolute Gasteiger partial charge is 0.307 e. The van der Waals surface area contributed by atoms with Gasteiger partial charge in [-0.25, -0.2) is 4.99 Å². The van der Waals surface area contributed by atoms with Crippen molar-refractivity contribution in [1.29, 1.82) is 0 Å². The van der Waals surface area contributed by atoms with E-state index in [0.29, 0.717) is 25.5 Å². The molecule has 0 bridgehead atoms. The molecule has 2 N–H and O–H groups in total. The summed E-state index contributed by atoms with van der Waals surface area (Å²) in [4.78, 5) is 15.8. The number of nitrogens with one attached hydrogen (secondary N) is 2. The fourth-order valence-electron chi connectivity index (χ4n) is 2.09. The number of hydrogen-bond donors (Lipinski definition) is 2. The van der Waals surface area contributed by atoms with Crippen molar-refractivity contribution in [2.24, 2.45) is 4.99 Å². The van der Waals surface area contributed by atoms with Crippen LogP contribution in [0.1, 0.15) is 44.7 Å². The molecule has 0 amide bonds. The number of carbonyl (C=O) groups excluding carboxylic acids is 1. The van der Waals surface area contributed by atoms with Gasteiger partial charge in [0.15, 0.2) is 5.96 Å². The van der Waals surface area contributed by atoms with E-state index in [1.807, 2.05) is 6.92 Å². The van der Waals surface area contributed by atoms with Gasteiger partial charge in [-0.15, -0.1) is 24.0 Å². The fraction of sp³-hybridized carbons (Fsp3) is 0.579. The highest BCUT2D eigenvalue weighted by atomic mass is 127. The molecule has 26 heavy (non-hydrogen) atoms. The lowest BCUT2D eigenvalue weighted by Gasteiger charge is -2.17. The van der Waals surface area contributed by atoms with Gasteiger partial charge in [-0.05, 0) is 38.8 Å². The second-order valence-corrected chi connectivity index (χ2v) is 5.90. The second kappa shape index (κ2) is 13.7. The largest absolute Gasteiger partial charge is 0.490 e. The number of rotatable bonds is 9. The number of halogens is 1. The van der Waals surface area contributed by atoms with Gasteiger partial charge in [0.05, 0.1) is 26.2 Å². The van der Waals surface area contributed by atoms with Crippen LogP contribution in [0.3, 0.4) is 0 Å². The van der Waals surface area contributed by atoms with E-state index >= 15 is 0 Å². The highest BCUT2D eigenvalue weighted by Gasteiger charge is 2.08. The summed E-state index contributed by atoms with van der Waals surface area (Å²) in [6.07, 6.45) is 1.42. The van der Waals surface area contributed by atoms with Gasteiger partial charge in [-0.2, -0.15) is 0 Å². The van der Waals surface area contributed by atoms with Crippen LogP contribution in [0.4, 0.5) is 0 Å². The van der Waals surface area contributed by atoms with Gasteiger partial charge >= 0.3 is 5.97 Å². The van der Waals surface area contributed by atoms with Crippen molar-refractivity contribution < 1.29 is 14.3 Å². The predicted octanol–water partition coefficient (Wildman–Crippen LogP) is 3.41. The molecule has 0 saturated carbocycles. The zero-order valence-electron chi connectivity index (χ0n) is 16.4. The first-order chi connectivity index (χ1) is 12.0. The highest BCUT2D eigenvalue weighted by Crippen LogP contribution is 2.23. The van der Waals surface area contributed by atoms with E-state index < -0.39 is 0 Å². The molecule has 0 aromatic heterocycles. The zero-order valence-corrected chi connectivity index (χ0v) is 18.8. The number of esters is 1. The minimum atomic E-state index is -0.244. The lowest BCUT2D eigenvalue weighted by Crippen LogP contribution is -2.38. The molecule has 1 atom stereocenters. The average Bonchev–Trinajstić information content (AvgIpc) is 2.60. The predicted molar refractivity (Wildman–Crippen MR) is 116 cm³/mol. The lowest BCUT2D eigenvalue weighted by atomic mass is 10.1. The van der Waals surface area contributed by atoms with Gasteiger partial charge in [0.1, 0.15) is 5.75 Å². The quantitative estimate of drug-likeness (QED) is 0.247. The first-order valence-electron chi connectivity index (χ1n) is 8.85. The van der Waals surface area contributed by atoms with Crippen molar-refractivity contribution >= 4 is 35.9 Å². The van der Waals surface area contributed by atoms with Gasteiger partial charge in [-0.1, -0.05) is 19.1 Å². The number of guanidine groups is 1. The van der Waals surface area contributed by atoms with Crippen molar-refractivity contribution in [2.75, 3.05) is 20.2 Å². The van der Waals surface area contributed by atoms with Crippen molar-refractivity contribution in [3.63, 3.8) is 0 Å². The van der Waals surface area contributed by atoms with Gasteiger partial charge in [-0.3, -0.25) is 4.79 Å². The normalized spacial score (nSPS) is 12.0. The summed E-state index contributed by atoms with van der Waals surface area (Å²) >= 11 is 0. The van der Waals surface area contributed by atoms with E-state index in [9.17, 15) is 4.79 Å². The summed E-state index contributed by atoms with van der Waals surface area (Å²) in [7, 11) is 1.39. The third kappa shape index (κ3) is 9.26. The average molecular weight is 477 g/mol. The maximum Gasteiger partial charge on any atom is 0.307 e. The van der Waals surface area contributed by atoms with E-state index in [4.69, 9.17) is 4.74 Å². The van der Waals surface area contributed by atoms with Crippen molar-refractivity contribution in [1.82, 2.24) is 10.6 Å². The molecule has 0 saturated heterocycles. The molecule has 0 spiro atoms. The van der Waals surface area contributed by atoms with Crippen LogP contribution >= 0.6 is 24.0 Å². The van der Waals surface area contributed by atoms with Crippen LogP contribution in [0.15, 0.2) is 23.2 Å². The summed E-state index contributed by atoms with van der Waals surface area (Å²) in [6, 6.07) is 6.16. The van der Waals surface area contributed by atoms with Crippen LogP contribution in [0.2, 0.25) is 0 Å². The molecule has 6 nitrogen and oxygen atoms in total. The Bertz CT molecular complexity index is 579. The Hall–Kier alpha value is -1.51. The number of nitrogens with zero attached hydrogens (tertiary/aromatic N) is 1. The van der Waals surface area contributed by atoms with Crippen molar-refractivity contribution in [2.45, 2.75) is 53.2 Å². The molecule has 0 heterocycles. The Morgan fingerprint density at radius 3 is 2.62 bits per heavy atom. The van der Waals surface area contributed by atoms with Crippen LogP contribution in [-0.4, -0.2) is 38.2 Å². The number of methoxy groups -OCH3 is 1.